The Morgan fingerprint density at radius 3 is 2.66 bits per heavy atom. The van der Waals surface area contributed by atoms with Gasteiger partial charge in [-0.2, -0.15) is 0 Å². The van der Waals surface area contributed by atoms with Crippen molar-refractivity contribution in [2.75, 3.05) is 13.1 Å². The van der Waals surface area contributed by atoms with Crippen LogP contribution in [0.15, 0.2) is 48.5 Å². The zero-order valence-electron chi connectivity index (χ0n) is 17.0. The summed E-state index contributed by atoms with van der Waals surface area (Å²) in [5.41, 5.74) is 2.50. The molecule has 2 N–H and O–H groups in total. The molecule has 1 saturated heterocycles. The highest BCUT2D eigenvalue weighted by atomic mass is 19.1. The molecule has 5 nitrogen and oxygen atoms in total. The van der Waals surface area contributed by atoms with Crippen molar-refractivity contribution in [3.63, 3.8) is 0 Å². The SMILES string of the molecule is CC(C)NC(=O)N1CCC[C@@H](c2cccc(C(=O)NCc3ccc(F)cc3)c2)C1. The molecular formula is C23H28FN3O2. The highest BCUT2D eigenvalue weighted by molar-refractivity contribution is 5.94. The second kappa shape index (κ2) is 9.54. The number of hydrogen-bond acceptors (Lipinski definition) is 2. The van der Waals surface area contributed by atoms with Gasteiger partial charge in [-0.1, -0.05) is 24.3 Å². The van der Waals surface area contributed by atoms with Gasteiger partial charge in [0, 0.05) is 37.2 Å². The molecule has 0 bridgehead atoms. The Bertz CT molecular complexity index is 851. The summed E-state index contributed by atoms with van der Waals surface area (Å²) in [6.45, 7) is 5.66. The lowest BCUT2D eigenvalue weighted by Crippen LogP contribution is -2.47. The van der Waals surface area contributed by atoms with Crippen molar-refractivity contribution in [3.8, 4) is 0 Å². The number of carbonyl (C=O) groups is 2. The zero-order chi connectivity index (χ0) is 20.8. The summed E-state index contributed by atoms with van der Waals surface area (Å²) in [7, 11) is 0. The number of nitrogens with zero attached hydrogens (tertiary/aromatic N) is 1. The Kier molecular flexibility index (Phi) is 6.86. The number of benzene rings is 2. The lowest BCUT2D eigenvalue weighted by atomic mass is 9.89. The first kappa shape index (κ1) is 20.8. The summed E-state index contributed by atoms with van der Waals surface area (Å²) in [5, 5.41) is 5.83. The maximum absolute atomic E-state index is 13.0. The van der Waals surface area contributed by atoms with Crippen LogP contribution in [-0.4, -0.2) is 36.0 Å². The number of rotatable bonds is 5. The fraction of sp³-hybridized carbons (Fsp3) is 0.391. The summed E-state index contributed by atoms with van der Waals surface area (Å²) in [6, 6.07) is 13.8. The minimum atomic E-state index is -0.295. The molecular weight excluding hydrogens is 369 g/mol. The van der Waals surface area contributed by atoms with E-state index in [9.17, 15) is 14.0 Å². The normalized spacial score (nSPS) is 16.6. The van der Waals surface area contributed by atoms with Crippen LogP contribution in [0.4, 0.5) is 9.18 Å². The van der Waals surface area contributed by atoms with E-state index in [4.69, 9.17) is 0 Å². The minimum absolute atomic E-state index is 0.0297. The average molecular weight is 397 g/mol. The standard InChI is InChI=1S/C23H28FN3O2/c1-16(2)26-23(29)27-12-4-7-20(15-27)18-5-3-6-19(13-18)22(28)25-14-17-8-10-21(24)11-9-17/h3,5-6,8-11,13,16,20H,4,7,12,14-15H2,1-2H3,(H,25,28)(H,26,29)/t20-/m1/s1. The van der Waals surface area contributed by atoms with Crippen molar-refractivity contribution >= 4 is 11.9 Å². The van der Waals surface area contributed by atoms with Gasteiger partial charge in [0.1, 0.15) is 5.82 Å². The van der Waals surface area contributed by atoms with E-state index in [1.54, 1.807) is 18.2 Å². The number of amides is 3. The highest BCUT2D eigenvalue weighted by Crippen LogP contribution is 2.27. The van der Waals surface area contributed by atoms with Gasteiger partial charge in [0.25, 0.3) is 5.91 Å². The maximum Gasteiger partial charge on any atom is 0.317 e. The molecule has 0 spiro atoms. The van der Waals surface area contributed by atoms with Gasteiger partial charge in [-0.05, 0) is 62.1 Å². The van der Waals surface area contributed by atoms with Crippen LogP contribution in [0.1, 0.15) is 54.1 Å². The van der Waals surface area contributed by atoms with Crippen molar-refractivity contribution in [3.05, 3.63) is 71.0 Å². The number of hydrogen-bond donors (Lipinski definition) is 2. The van der Waals surface area contributed by atoms with Crippen molar-refractivity contribution in [1.29, 1.82) is 0 Å². The Labute approximate surface area is 171 Å². The van der Waals surface area contributed by atoms with Crippen LogP contribution < -0.4 is 10.6 Å². The van der Waals surface area contributed by atoms with Crippen LogP contribution in [0, 0.1) is 5.82 Å². The summed E-state index contributed by atoms with van der Waals surface area (Å²) in [5.74, 6) is -0.246. The molecule has 2 aromatic rings. The van der Waals surface area contributed by atoms with Crippen molar-refractivity contribution in [2.45, 2.75) is 45.2 Å². The molecule has 0 unspecified atom stereocenters. The second-order valence-electron chi connectivity index (χ2n) is 7.82. The molecule has 6 heteroatoms. The topological polar surface area (TPSA) is 61.4 Å². The Balaban J connectivity index is 1.63. The molecule has 2 aromatic carbocycles. The van der Waals surface area contributed by atoms with Gasteiger partial charge in [-0.3, -0.25) is 4.79 Å². The lowest BCUT2D eigenvalue weighted by Gasteiger charge is -2.33. The number of urea groups is 1. The molecule has 1 atom stereocenters. The molecule has 0 saturated carbocycles. The molecule has 3 amide bonds. The van der Waals surface area contributed by atoms with E-state index >= 15 is 0 Å². The molecule has 154 valence electrons. The van der Waals surface area contributed by atoms with E-state index in [1.807, 2.05) is 36.9 Å². The van der Waals surface area contributed by atoms with Crippen LogP contribution in [0.5, 0.6) is 0 Å². The van der Waals surface area contributed by atoms with Gasteiger partial charge in [-0.25, -0.2) is 9.18 Å². The molecule has 1 heterocycles. The summed E-state index contributed by atoms with van der Waals surface area (Å²) < 4.78 is 13.0. The van der Waals surface area contributed by atoms with Gasteiger partial charge in [0.2, 0.25) is 0 Å². The van der Waals surface area contributed by atoms with Crippen LogP contribution in [0.2, 0.25) is 0 Å². The van der Waals surface area contributed by atoms with E-state index in [-0.39, 0.29) is 29.7 Å². The fourth-order valence-electron chi connectivity index (χ4n) is 3.59. The van der Waals surface area contributed by atoms with Crippen molar-refractivity contribution in [1.82, 2.24) is 15.5 Å². The van der Waals surface area contributed by atoms with Crippen LogP contribution >= 0.6 is 0 Å². The quantitative estimate of drug-likeness (QED) is 0.800. The van der Waals surface area contributed by atoms with E-state index in [0.29, 0.717) is 18.7 Å². The predicted octanol–water partition coefficient (Wildman–Crippen LogP) is 4.05. The summed E-state index contributed by atoms with van der Waals surface area (Å²) >= 11 is 0. The molecule has 0 aliphatic carbocycles. The third kappa shape index (κ3) is 5.79. The number of halogens is 1. The number of piperidine rings is 1. The first-order valence-electron chi connectivity index (χ1n) is 10.1. The monoisotopic (exact) mass is 397 g/mol. The summed E-state index contributed by atoms with van der Waals surface area (Å²) in [6.07, 6.45) is 1.93. The number of likely N-dealkylation sites (tertiary alicyclic amines) is 1. The zero-order valence-corrected chi connectivity index (χ0v) is 17.0. The average Bonchev–Trinajstić information content (AvgIpc) is 2.73. The third-order valence-electron chi connectivity index (χ3n) is 5.11. The number of nitrogens with one attached hydrogen (secondary N) is 2. The van der Waals surface area contributed by atoms with Gasteiger partial charge >= 0.3 is 6.03 Å². The van der Waals surface area contributed by atoms with Crippen molar-refractivity contribution in [2.24, 2.45) is 0 Å². The molecule has 3 rings (SSSR count). The van der Waals surface area contributed by atoms with Gasteiger partial charge in [0.05, 0.1) is 0 Å². The van der Waals surface area contributed by atoms with Crippen LogP contribution in [-0.2, 0) is 6.54 Å². The second-order valence-corrected chi connectivity index (χ2v) is 7.82. The van der Waals surface area contributed by atoms with Crippen molar-refractivity contribution < 1.29 is 14.0 Å². The largest absolute Gasteiger partial charge is 0.348 e. The van der Waals surface area contributed by atoms with E-state index < -0.39 is 0 Å². The molecule has 0 aromatic heterocycles. The number of carbonyl (C=O) groups excluding carboxylic acids is 2. The Morgan fingerprint density at radius 1 is 1.17 bits per heavy atom. The Hall–Kier alpha value is -2.89. The first-order chi connectivity index (χ1) is 13.9. The van der Waals surface area contributed by atoms with Gasteiger partial charge in [-0.15, -0.1) is 0 Å². The molecule has 29 heavy (non-hydrogen) atoms. The first-order valence-corrected chi connectivity index (χ1v) is 10.1. The van der Waals surface area contributed by atoms with E-state index in [1.165, 1.54) is 12.1 Å². The van der Waals surface area contributed by atoms with Crippen LogP contribution in [0.3, 0.4) is 0 Å². The third-order valence-corrected chi connectivity index (χ3v) is 5.11. The van der Waals surface area contributed by atoms with E-state index in [0.717, 1.165) is 30.5 Å². The highest BCUT2D eigenvalue weighted by Gasteiger charge is 2.25. The lowest BCUT2D eigenvalue weighted by molar-refractivity contribution is 0.0950. The maximum atomic E-state index is 13.0. The molecule has 0 radical (unpaired) electrons. The fourth-order valence-corrected chi connectivity index (χ4v) is 3.59. The molecule has 1 aliphatic heterocycles. The minimum Gasteiger partial charge on any atom is -0.348 e. The predicted molar refractivity (Wildman–Crippen MR) is 111 cm³/mol. The smallest absolute Gasteiger partial charge is 0.317 e. The van der Waals surface area contributed by atoms with E-state index in [2.05, 4.69) is 10.6 Å². The summed E-state index contributed by atoms with van der Waals surface area (Å²) in [4.78, 5) is 26.7. The van der Waals surface area contributed by atoms with Crippen LogP contribution in [0.25, 0.3) is 0 Å². The molecule has 1 fully saturated rings. The van der Waals surface area contributed by atoms with Gasteiger partial charge < -0.3 is 15.5 Å². The molecule has 1 aliphatic rings. The Morgan fingerprint density at radius 2 is 1.93 bits per heavy atom. The van der Waals surface area contributed by atoms with Gasteiger partial charge in [0.15, 0.2) is 0 Å².